The number of allylic oxidation sites excluding steroid dienone is 1. The maximum atomic E-state index is 2.86. The van der Waals surface area contributed by atoms with E-state index < -0.39 is 0 Å². The molecule has 5 aliphatic rings. The molecule has 0 radical (unpaired) electrons. The summed E-state index contributed by atoms with van der Waals surface area (Å²) in [6, 6.07) is 37.7. The Morgan fingerprint density at radius 3 is 1.78 bits per heavy atom. The van der Waals surface area contributed by atoms with Crippen molar-refractivity contribution in [1.82, 2.24) is 4.48 Å². The average molecular weight is 923 g/mol. The molecule has 0 saturated heterocycles. The van der Waals surface area contributed by atoms with Crippen molar-refractivity contribution in [3.05, 3.63) is 141 Å². The van der Waals surface area contributed by atoms with Crippen molar-refractivity contribution in [2.75, 3.05) is 4.90 Å². The van der Waals surface area contributed by atoms with Gasteiger partial charge in [0.2, 0.25) is 0 Å². The van der Waals surface area contributed by atoms with Gasteiger partial charge in [0.1, 0.15) is 0 Å². The molecular weight excluding hydrogens is 852 g/mol. The van der Waals surface area contributed by atoms with Gasteiger partial charge in [-0.15, -0.1) is 11.3 Å². The van der Waals surface area contributed by atoms with E-state index in [-0.39, 0.29) is 44.8 Å². The SMILES string of the molecule is CC(C)(C)c1ccc2c(c1)c1cc(C(C)(C)C)cc3c1n2B1C2=C(c4cc5c(cc4C2(C)C)C(C)(C)CCC5(C)C)N(c2ccc4c(c2)C(C)(C)CCC4(C)C)c2c1c-3cc1c2sc2ccccc21. The molecule has 0 atom stereocenters. The lowest BCUT2D eigenvalue weighted by atomic mass is 9.40. The first-order chi connectivity index (χ1) is 32.2. The van der Waals surface area contributed by atoms with Crippen molar-refractivity contribution in [2.45, 2.75) is 174 Å². The molecule has 0 unspecified atom stereocenters. The lowest BCUT2D eigenvalue weighted by Crippen LogP contribution is -2.52. The van der Waals surface area contributed by atoms with Crippen LogP contribution in [0.25, 0.3) is 58.8 Å². The fourth-order valence-electron chi connectivity index (χ4n) is 14.2. The van der Waals surface area contributed by atoms with Gasteiger partial charge >= 0.3 is 6.85 Å². The zero-order valence-corrected chi connectivity index (χ0v) is 45.2. The summed E-state index contributed by atoms with van der Waals surface area (Å²) in [6.45, 7) is 39.4. The Morgan fingerprint density at radius 2 is 1.12 bits per heavy atom. The van der Waals surface area contributed by atoms with Crippen LogP contribution in [0.3, 0.4) is 0 Å². The smallest absolute Gasteiger partial charge is 0.329 e. The second-order valence-electron chi connectivity index (χ2n) is 27.5. The summed E-state index contributed by atoms with van der Waals surface area (Å²) in [6.07, 6.45) is 4.77. The van der Waals surface area contributed by atoms with Crippen LogP contribution in [-0.2, 0) is 37.9 Å². The Labute approximate surface area is 416 Å². The Morgan fingerprint density at radius 1 is 0.507 bits per heavy atom. The van der Waals surface area contributed by atoms with Gasteiger partial charge in [-0.1, -0.05) is 147 Å². The van der Waals surface area contributed by atoms with Gasteiger partial charge in [-0.3, -0.25) is 0 Å². The molecule has 4 heteroatoms. The second-order valence-corrected chi connectivity index (χ2v) is 28.6. The molecule has 6 aromatic carbocycles. The first-order valence-electron chi connectivity index (χ1n) is 26.2. The summed E-state index contributed by atoms with van der Waals surface area (Å²) in [7, 11) is 0. The largest absolute Gasteiger partial charge is 0.376 e. The van der Waals surface area contributed by atoms with Crippen LogP contribution in [0, 0.1) is 0 Å². The highest BCUT2D eigenvalue weighted by Crippen LogP contribution is 2.61. The molecule has 2 aliphatic heterocycles. The highest BCUT2D eigenvalue weighted by atomic mass is 32.1. The van der Waals surface area contributed by atoms with Crippen molar-refractivity contribution < 1.29 is 0 Å². The third kappa shape index (κ3) is 5.73. The van der Waals surface area contributed by atoms with E-state index in [0.29, 0.717) is 0 Å². The molecule has 2 nitrogen and oxygen atoms in total. The molecule has 2 aromatic heterocycles. The molecule has 4 heterocycles. The van der Waals surface area contributed by atoms with E-state index >= 15 is 0 Å². The maximum absolute atomic E-state index is 2.86. The van der Waals surface area contributed by atoms with Gasteiger partial charge in [0, 0.05) is 65.2 Å². The summed E-state index contributed by atoms with van der Waals surface area (Å²) in [4.78, 5) is 2.85. The van der Waals surface area contributed by atoms with E-state index in [1.54, 1.807) is 5.56 Å². The minimum atomic E-state index is -0.281. The van der Waals surface area contributed by atoms with Gasteiger partial charge in [-0.25, -0.2) is 0 Å². The van der Waals surface area contributed by atoms with E-state index in [1.807, 2.05) is 11.3 Å². The van der Waals surface area contributed by atoms with Crippen LogP contribution in [0.2, 0.25) is 0 Å². The van der Waals surface area contributed by atoms with E-state index in [4.69, 9.17) is 0 Å². The number of hydrogen-bond acceptors (Lipinski definition) is 2. The monoisotopic (exact) mass is 923 g/mol. The molecule has 0 N–H and O–H groups in total. The number of rotatable bonds is 1. The molecule has 0 spiro atoms. The number of anilines is 2. The van der Waals surface area contributed by atoms with Crippen LogP contribution < -0.4 is 10.4 Å². The zero-order chi connectivity index (χ0) is 48.7. The number of benzene rings is 6. The fraction of sp³-hybridized carbons (Fsp3) is 0.415. The van der Waals surface area contributed by atoms with Crippen LogP contribution in [0.1, 0.15) is 181 Å². The summed E-state index contributed by atoms with van der Waals surface area (Å²) in [5.41, 5.74) is 24.4. The predicted molar refractivity (Wildman–Crippen MR) is 301 cm³/mol. The van der Waals surface area contributed by atoms with Crippen molar-refractivity contribution in [3.8, 4) is 11.1 Å². The Kier molecular flexibility index (Phi) is 8.44. The molecule has 0 saturated carbocycles. The van der Waals surface area contributed by atoms with Crippen molar-refractivity contribution in [2.24, 2.45) is 0 Å². The molecule has 69 heavy (non-hydrogen) atoms. The van der Waals surface area contributed by atoms with E-state index in [9.17, 15) is 0 Å². The number of fused-ring (bicyclic) bond motifs is 14. The molecule has 3 aliphatic carbocycles. The highest BCUT2D eigenvalue weighted by molar-refractivity contribution is 7.26. The van der Waals surface area contributed by atoms with Gasteiger partial charge in [0.05, 0.1) is 10.4 Å². The average Bonchev–Trinajstić information content (AvgIpc) is 3.90. The normalized spacial score (nSPS) is 20.1. The third-order valence-electron chi connectivity index (χ3n) is 18.8. The molecule has 0 bridgehead atoms. The molecule has 0 amide bonds. The summed E-state index contributed by atoms with van der Waals surface area (Å²) in [5.74, 6) is 0. The minimum Gasteiger partial charge on any atom is -0.376 e. The number of hydrogen-bond donors (Lipinski definition) is 0. The van der Waals surface area contributed by atoms with Crippen LogP contribution in [0.15, 0.2) is 96.5 Å². The van der Waals surface area contributed by atoms with Crippen molar-refractivity contribution in [1.29, 1.82) is 0 Å². The number of nitrogens with zero attached hydrogens (tertiary/aromatic N) is 2. The topological polar surface area (TPSA) is 8.17 Å². The fourth-order valence-corrected chi connectivity index (χ4v) is 15.5. The quantitative estimate of drug-likeness (QED) is 0.149. The van der Waals surface area contributed by atoms with E-state index in [2.05, 4.69) is 211 Å². The Hall–Kier alpha value is -5.06. The lowest BCUT2D eigenvalue weighted by molar-refractivity contribution is 0.331. The lowest BCUT2D eigenvalue weighted by Gasteiger charge is -2.45. The van der Waals surface area contributed by atoms with Gasteiger partial charge in [-0.05, 0) is 168 Å². The first kappa shape index (κ1) is 43.9. The Balaban J connectivity index is 1.26. The van der Waals surface area contributed by atoms with Crippen LogP contribution in [0.4, 0.5) is 11.4 Å². The highest BCUT2D eigenvalue weighted by Gasteiger charge is 2.55. The minimum absolute atomic E-state index is 0.0159. The van der Waals surface area contributed by atoms with E-state index in [0.717, 1.165) is 0 Å². The predicted octanol–water partition coefficient (Wildman–Crippen LogP) is 17.6. The molecule has 0 fully saturated rings. The molecule has 8 aromatic rings. The van der Waals surface area contributed by atoms with Crippen LogP contribution in [-0.4, -0.2) is 11.3 Å². The first-order valence-corrected chi connectivity index (χ1v) is 27.0. The van der Waals surface area contributed by atoms with Gasteiger partial charge in [0.15, 0.2) is 0 Å². The standard InChI is InChI=1S/C65H71BN2S/c1-59(2,3)36-21-24-51-40(29-36)42-30-37(60(4,5)6)31-43-41-33-44-39-19-17-18-20-52(39)69-57(44)56-53(41)66(68(51)54(42)43)58-55(67(56)38-22-23-46-48(32-38)62(9,10)26-25-61(46,7)8)45-34-49-50(35-47(45)65(58,15)16)64(13,14)28-27-63(49,11)12/h17-24,29-35H,25-28H2,1-16H3. The third-order valence-corrected chi connectivity index (χ3v) is 20.0. The maximum Gasteiger partial charge on any atom is 0.329 e. The molecule has 350 valence electrons. The van der Waals surface area contributed by atoms with Gasteiger partial charge in [-0.2, -0.15) is 0 Å². The van der Waals surface area contributed by atoms with Gasteiger partial charge < -0.3 is 9.38 Å². The van der Waals surface area contributed by atoms with E-state index in [1.165, 1.54) is 146 Å². The summed E-state index contributed by atoms with van der Waals surface area (Å²) < 4.78 is 5.61. The Bertz CT molecular complexity index is 3670. The number of aromatic nitrogens is 1. The van der Waals surface area contributed by atoms with Crippen molar-refractivity contribution >= 4 is 82.7 Å². The van der Waals surface area contributed by atoms with Crippen molar-refractivity contribution in [3.63, 3.8) is 0 Å². The molecular formula is C65H71BN2S. The van der Waals surface area contributed by atoms with Crippen LogP contribution >= 0.6 is 11.3 Å². The molecule has 13 rings (SSSR count). The second kappa shape index (κ2) is 13.3. The van der Waals surface area contributed by atoms with Crippen LogP contribution in [0.5, 0.6) is 0 Å². The summed E-state index contributed by atoms with van der Waals surface area (Å²) in [5, 5.41) is 5.49. The number of thiophene rings is 1. The zero-order valence-electron chi connectivity index (χ0n) is 44.4. The van der Waals surface area contributed by atoms with Gasteiger partial charge in [0.25, 0.3) is 0 Å². The summed E-state index contributed by atoms with van der Waals surface area (Å²) >= 11 is 2.00.